The Bertz CT molecular complexity index is 1550. The molecule has 0 unspecified atom stereocenters. The van der Waals surface area contributed by atoms with Crippen LogP contribution in [0.1, 0.15) is 30.5 Å². The Kier molecular flexibility index (Phi) is 19.7. The van der Waals surface area contributed by atoms with Crippen molar-refractivity contribution in [1.29, 1.82) is 0 Å². The van der Waals surface area contributed by atoms with E-state index in [-0.39, 0.29) is 51.6 Å². The van der Waals surface area contributed by atoms with Gasteiger partial charge in [0.05, 0.1) is 25.8 Å². The molecule has 4 aromatic heterocycles. The fourth-order valence-electron chi connectivity index (χ4n) is 2.96. The van der Waals surface area contributed by atoms with E-state index in [0.29, 0.717) is 26.6 Å². The Morgan fingerprint density at radius 1 is 0.744 bits per heavy atom. The topological polar surface area (TPSA) is 50.9 Å². The zero-order valence-electron chi connectivity index (χ0n) is 22.6. The molecule has 0 bridgehead atoms. The van der Waals surface area contributed by atoms with Gasteiger partial charge in [0, 0.05) is 11.1 Å². The molecule has 4 nitrogen and oxygen atoms in total. The molecule has 0 fully saturated rings. The normalized spacial score (nSPS) is 8.93. The fraction of sp³-hybridized carbons (Fsp3) is 0. The molecule has 4 heterocycles. The number of rotatable bonds is 5. The Labute approximate surface area is 302 Å². The van der Waals surface area contributed by atoms with Crippen LogP contribution in [0.4, 0.5) is 11.4 Å². The first kappa shape index (κ1) is 38.5. The van der Waals surface area contributed by atoms with E-state index in [1.54, 1.807) is 83.3 Å². The summed E-state index contributed by atoms with van der Waals surface area (Å²) in [5.41, 5.74) is 2.64. The van der Waals surface area contributed by atoms with Crippen LogP contribution in [-0.4, -0.2) is 41.3 Å². The summed E-state index contributed by atoms with van der Waals surface area (Å²) in [7, 11) is 0. The Hall–Kier alpha value is -2.53. The minimum absolute atomic E-state index is 0. The number of nitrogens with zero attached hydrogens (tertiary/aromatic N) is 2. The van der Waals surface area contributed by atoms with E-state index in [0.717, 1.165) is 5.69 Å². The van der Waals surface area contributed by atoms with Crippen LogP contribution in [0.25, 0.3) is 4.85 Å². The number of hydrogen-bond donors (Lipinski definition) is 0. The minimum Gasteiger partial charge on any atom is -1.00 e. The zero-order chi connectivity index (χ0) is 29.3. The van der Waals surface area contributed by atoms with Gasteiger partial charge in [0.25, 0.3) is 0 Å². The summed E-state index contributed by atoms with van der Waals surface area (Å²) in [5.74, 6) is -0.00903. The molecule has 0 atom stereocenters. The van der Waals surface area contributed by atoms with Crippen molar-refractivity contribution in [3.63, 3.8) is 0 Å². The van der Waals surface area contributed by atoms with Crippen molar-refractivity contribution in [1.82, 2.24) is 0 Å². The molecule has 2 aromatic carbocycles. The van der Waals surface area contributed by atoms with Crippen LogP contribution in [0.15, 0.2) is 127 Å². The van der Waals surface area contributed by atoms with E-state index < -0.39 is 0 Å². The van der Waals surface area contributed by atoms with Gasteiger partial charge in [-0.3, -0.25) is 14.6 Å². The van der Waals surface area contributed by atoms with Crippen LogP contribution in [0.2, 0.25) is 0 Å². The van der Waals surface area contributed by atoms with Gasteiger partial charge in [-0.2, -0.15) is 11.4 Å². The van der Waals surface area contributed by atoms with Crippen LogP contribution in [0.5, 0.6) is 0 Å². The summed E-state index contributed by atoms with van der Waals surface area (Å²) in [6.07, 6.45) is 0. The molecule has 0 N–H and O–H groups in total. The maximum absolute atomic E-state index is 12.1. The van der Waals surface area contributed by atoms with Crippen LogP contribution < -0.4 is 17.0 Å². The van der Waals surface area contributed by atoms with Gasteiger partial charge in [-0.1, -0.05) is 54.6 Å². The monoisotopic (exact) mass is 776 g/mol. The van der Waals surface area contributed by atoms with Crippen LogP contribution >= 0.6 is 61.3 Å². The van der Waals surface area contributed by atoms with Crippen molar-refractivity contribution in [3.05, 3.63) is 160 Å². The second-order valence-corrected chi connectivity index (χ2v) is 12.6. The molecule has 0 aliphatic heterocycles. The van der Waals surface area contributed by atoms with Gasteiger partial charge in [0.2, 0.25) is 11.6 Å². The first-order chi connectivity index (χ1) is 20.0. The summed E-state index contributed by atoms with van der Waals surface area (Å²) in [6, 6.07) is 29.0. The average Bonchev–Trinajstić information content (AvgIpc) is 3.86. The quantitative estimate of drug-likeness (QED) is 0.0788. The summed E-state index contributed by atoms with van der Waals surface area (Å²) >= 11 is 9.42. The summed E-state index contributed by atoms with van der Waals surface area (Å²) < 4.78 is 1.20. The molecule has 212 valence electrons. The molecule has 0 spiro atoms. The van der Waals surface area contributed by atoms with Gasteiger partial charge in [0.15, 0.2) is 5.69 Å². The number of hydrogen-bond acceptors (Lipinski definition) is 7. The van der Waals surface area contributed by atoms with Gasteiger partial charge in [-0.05, 0) is 69.1 Å². The van der Waals surface area contributed by atoms with Crippen molar-refractivity contribution >= 4 is 114 Å². The number of carbonyl (C=O) groups excluding carboxylic acids is 2. The van der Waals surface area contributed by atoms with Crippen LogP contribution in [0, 0.1) is 12.0 Å². The smallest absolute Gasteiger partial charge is 1.00 e. The first-order valence-corrected chi connectivity index (χ1v) is 16.1. The first-order valence-electron chi connectivity index (χ1n) is 11.8. The van der Waals surface area contributed by atoms with Crippen molar-refractivity contribution < 1.29 is 26.6 Å². The second-order valence-electron chi connectivity index (χ2n) is 7.62. The predicted octanol–water partition coefficient (Wildman–Crippen LogP) is 7.52. The Morgan fingerprint density at radius 3 is 1.53 bits per heavy atom. The van der Waals surface area contributed by atoms with Gasteiger partial charge >= 0.3 is 23.1 Å². The standard InChI is InChI=1S/C16H10O2S2.C8H6N2.C4H3BrS.C4H3S.BrH.Mg/c17-15(13-3-1-9-19-13)11-5-7-12(8-6-11)16(18)14-4-2-10-20-14;1-9-7-3-5-8(10-2)6-4-7;5-4-2-1-3-6-4;1-2-4-5-3-1;;/h1-10H;3-6H,1H2;1-3H;1-3H;1H;/q;;;-1;;+2/p-1. The molecule has 0 radical (unpaired) electrons. The number of thiophene rings is 4. The number of ketones is 2. The van der Waals surface area contributed by atoms with E-state index in [9.17, 15) is 9.59 Å². The van der Waals surface area contributed by atoms with E-state index in [4.69, 9.17) is 6.57 Å². The fourth-order valence-corrected chi connectivity index (χ4v) is 5.65. The Balaban J connectivity index is 0.000000334. The molecule has 0 amide bonds. The third-order valence-corrected chi connectivity index (χ3v) is 8.71. The van der Waals surface area contributed by atoms with Gasteiger partial charge in [-0.15, -0.1) is 39.4 Å². The molecule has 0 aliphatic rings. The predicted molar refractivity (Wildman–Crippen MR) is 185 cm³/mol. The molecule has 6 aromatic rings. The van der Waals surface area contributed by atoms with Crippen molar-refractivity contribution in [3.8, 4) is 0 Å². The van der Waals surface area contributed by atoms with E-state index in [1.807, 2.05) is 57.9 Å². The van der Waals surface area contributed by atoms with Crippen molar-refractivity contribution in [2.75, 3.05) is 0 Å². The third-order valence-electron chi connectivity index (χ3n) is 4.93. The van der Waals surface area contributed by atoms with E-state index in [2.05, 4.69) is 37.9 Å². The van der Waals surface area contributed by atoms with E-state index in [1.165, 1.54) is 26.5 Å². The third kappa shape index (κ3) is 13.8. The van der Waals surface area contributed by atoms with Crippen molar-refractivity contribution in [2.24, 2.45) is 4.99 Å². The largest absolute Gasteiger partial charge is 2.00 e. The summed E-state index contributed by atoms with van der Waals surface area (Å²) in [4.78, 5) is 32.6. The summed E-state index contributed by atoms with van der Waals surface area (Å²) in [5, 5.41) is 10.7. The summed E-state index contributed by atoms with van der Waals surface area (Å²) in [6.45, 7) is 10.0. The molecule has 0 saturated heterocycles. The number of carbonyl (C=O) groups is 2. The molecule has 0 aliphatic carbocycles. The second kappa shape index (κ2) is 22.0. The van der Waals surface area contributed by atoms with Crippen molar-refractivity contribution in [2.45, 2.75) is 0 Å². The van der Waals surface area contributed by atoms with Gasteiger partial charge < -0.3 is 28.3 Å². The molecule has 11 heteroatoms. The molecular formula is C32H22Br2MgN2O2S4. The van der Waals surface area contributed by atoms with Crippen LogP contribution in [0.3, 0.4) is 0 Å². The average molecular weight is 779 g/mol. The number of benzene rings is 2. The molecular weight excluding hydrogens is 757 g/mol. The molecule has 43 heavy (non-hydrogen) atoms. The molecule has 6 rings (SSSR count). The van der Waals surface area contributed by atoms with Gasteiger partial charge in [-0.25, -0.2) is 10.9 Å². The maximum Gasteiger partial charge on any atom is 2.00 e. The van der Waals surface area contributed by atoms with Crippen LogP contribution in [-0.2, 0) is 0 Å². The zero-order valence-corrected chi connectivity index (χ0v) is 30.4. The molecule has 0 saturated carbocycles. The maximum atomic E-state index is 12.1. The number of aliphatic imine (C=N–C) groups is 1. The minimum atomic E-state index is -0.00452. The SMILES string of the molecule is Brc1cccs1.O=C(c1ccc(C(=O)c2cccs2)cc1)c1cccs1.[Br-].[C-]#[N+]c1ccc(N=C)cc1.[Mg+2].[c-]1cccs1. The van der Waals surface area contributed by atoms with Gasteiger partial charge in [0.1, 0.15) is 0 Å². The number of halogens is 2. The Morgan fingerprint density at radius 2 is 1.26 bits per heavy atom. The van der Waals surface area contributed by atoms with E-state index >= 15 is 0 Å².